The molecule has 0 aliphatic rings. The first-order valence-corrected chi connectivity index (χ1v) is 8.44. The molecule has 0 saturated heterocycles. The van der Waals surface area contributed by atoms with Gasteiger partial charge in [-0.05, 0) is 42.2 Å². The lowest BCUT2D eigenvalue weighted by Crippen LogP contribution is -2.29. The summed E-state index contributed by atoms with van der Waals surface area (Å²) in [4.78, 5) is 33.3. The Morgan fingerprint density at radius 1 is 1.07 bits per heavy atom. The smallest absolute Gasteiger partial charge is 0.331 e. The van der Waals surface area contributed by atoms with Gasteiger partial charge in [-0.1, -0.05) is 30.3 Å². The van der Waals surface area contributed by atoms with Gasteiger partial charge in [-0.3, -0.25) is 14.9 Å². The summed E-state index contributed by atoms with van der Waals surface area (Å²) in [5.41, 5.74) is 1.79. The minimum absolute atomic E-state index is 0.0290. The zero-order valence-corrected chi connectivity index (χ0v) is 14.7. The highest BCUT2D eigenvalue weighted by Crippen LogP contribution is 2.12. The second-order valence-electron chi connectivity index (χ2n) is 5.73. The molecule has 2 aromatic rings. The van der Waals surface area contributed by atoms with E-state index in [1.54, 1.807) is 0 Å². The maximum atomic E-state index is 11.7. The van der Waals surface area contributed by atoms with Crippen molar-refractivity contribution in [2.45, 2.75) is 12.8 Å². The minimum atomic E-state index is -0.659. The number of carbonyl (C=O) groups excluding carboxylic acids is 2. The molecule has 0 radical (unpaired) electrons. The highest BCUT2D eigenvalue weighted by atomic mass is 16.6. The first-order chi connectivity index (χ1) is 13.0. The van der Waals surface area contributed by atoms with Crippen molar-refractivity contribution in [1.29, 1.82) is 0 Å². The van der Waals surface area contributed by atoms with Crippen LogP contribution in [-0.4, -0.2) is 30.0 Å². The third-order valence-electron chi connectivity index (χ3n) is 3.67. The van der Waals surface area contributed by atoms with Crippen molar-refractivity contribution in [2.24, 2.45) is 0 Å². The summed E-state index contributed by atoms with van der Waals surface area (Å²) in [6.45, 7) is 0.151. The predicted octanol–water partition coefficient (Wildman–Crippen LogP) is 2.90. The summed E-state index contributed by atoms with van der Waals surface area (Å²) in [5, 5.41) is 13.3. The van der Waals surface area contributed by atoms with Crippen LogP contribution in [-0.2, 0) is 20.7 Å². The number of nitro groups is 1. The van der Waals surface area contributed by atoms with Gasteiger partial charge in [-0.2, -0.15) is 0 Å². The van der Waals surface area contributed by atoms with E-state index in [9.17, 15) is 19.7 Å². The summed E-state index contributed by atoms with van der Waals surface area (Å²) >= 11 is 0. The first-order valence-electron chi connectivity index (χ1n) is 8.44. The molecule has 0 aliphatic carbocycles. The van der Waals surface area contributed by atoms with E-state index in [0.29, 0.717) is 12.1 Å². The fourth-order valence-corrected chi connectivity index (χ4v) is 2.27. The fraction of sp³-hybridized carbons (Fsp3) is 0.200. The average Bonchev–Trinajstić information content (AvgIpc) is 2.69. The van der Waals surface area contributed by atoms with Crippen molar-refractivity contribution in [3.05, 3.63) is 81.9 Å². The number of nitrogens with zero attached hydrogens (tertiary/aromatic N) is 1. The molecule has 7 heteroatoms. The van der Waals surface area contributed by atoms with Crippen molar-refractivity contribution in [2.75, 3.05) is 13.2 Å². The lowest BCUT2D eigenvalue weighted by molar-refractivity contribution is -0.384. The molecule has 0 atom stereocenters. The number of non-ortho nitro benzene ring substituents is 1. The van der Waals surface area contributed by atoms with Gasteiger partial charge in [0.15, 0.2) is 6.61 Å². The number of esters is 1. The van der Waals surface area contributed by atoms with E-state index in [2.05, 4.69) is 5.32 Å². The number of nitro benzene ring substituents is 1. The van der Waals surface area contributed by atoms with E-state index < -0.39 is 10.9 Å². The Labute approximate surface area is 156 Å². The van der Waals surface area contributed by atoms with Crippen LogP contribution in [0, 0.1) is 10.1 Å². The van der Waals surface area contributed by atoms with Gasteiger partial charge in [0.2, 0.25) is 0 Å². The van der Waals surface area contributed by atoms with Gasteiger partial charge in [-0.25, -0.2) is 4.79 Å². The number of rotatable bonds is 9. The number of hydrogen-bond donors (Lipinski definition) is 1. The number of hydrogen-bond acceptors (Lipinski definition) is 5. The van der Waals surface area contributed by atoms with E-state index in [4.69, 9.17) is 4.74 Å². The maximum Gasteiger partial charge on any atom is 0.331 e. The third kappa shape index (κ3) is 7.52. The molecule has 0 spiro atoms. The molecule has 0 fully saturated rings. The molecule has 0 saturated carbocycles. The zero-order chi connectivity index (χ0) is 19.5. The van der Waals surface area contributed by atoms with E-state index in [-0.39, 0.29) is 18.2 Å². The van der Waals surface area contributed by atoms with Crippen molar-refractivity contribution < 1.29 is 19.2 Å². The SMILES string of the molecule is O=C(COC(=O)/C=C/c1ccc([N+](=O)[O-])cc1)NCCCc1ccccc1. The fourth-order valence-electron chi connectivity index (χ4n) is 2.27. The number of carbonyl (C=O) groups is 2. The van der Waals surface area contributed by atoms with Crippen molar-refractivity contribution in [3.63, 3.8) is 0 Å². The number of aryl methyl sites for hydroxylation is 1. The molecule has 27 heavy (non-hydrogen) atoms. The average molecular weight is 368 g/mol. The Kier molecular flexibility index (Phi) is 7.71. The molecule has 0 bridgehead atoms. The molecule has 1 amide bonds. The highest BCUT2D eigenvalue weighted by molar-refractivity contribution is 5.89. The van der Waals surface area contributed by atoms with Crippen molar-refractivity contribution in [1.82, 2.24) is 5.32 Å². The first kappa shape index (κ1) is 19.8. The van der Waals surface area contributed by atoms with E-state index in [1.165, 1.54) is 42.0 Å². The van der Waals surface area contributed by atoms with Gasteiger partial charge in [0.05, 0.1) is 4.92 Å². The summed E-state index contributed by atoms with van der Waals surface area (Å²) < 4.78 is 4.86. The molecule has 7 nitrogen and oxygen atoms in total. The van der Waals surface area contributed by atoms with Crippen LogP contribution < -0.4 is 5.32 Å². The normalized spacial score (nSPS) is 10.5. The largest absolute Gasteiger partial charge is 0.452 e. The monoisotopic (exact) mass is 368 g/mol. The molecule has 2 rings (SSSR count). The topological polar surface area (TPSA) is 98.5 Å². The van der Waals surface area contributed by atoms with Crippen LogP contribution >= 0.6 is 0 Å². The van der Waals surface area contributed by atoms with Crippen LogP contribution in [0.5, 0.6) is 0 Å². The molecular formula is C20H20N2O5. The number of nitrogens with one attached hydrogen (secondary N) is 1. The summed E-state index contributed by atoms with van der Waals surface area (Å²) in [7, 11) is 0. The number of ether oxygens (including phenoxy) is 1. The van der Waals surface area contributed by atoms with Crippen LogP contribution in [0.1, 0.15) is 17.5 Å². The molecule has 0 aliphatic heterocycles. The van der Waals surface area contributed by atoms with Gasteiger partial charge < -0.3 is 10.1 Å². The number of amides is 1. The van der Waals surface area contributed by atoms with Gasteiger partial charge in [0, 0.05) is 24.8 Å². The second kappa shape index (κ2) is 10.5. The summed E-state index contributed by atoms with van der Waals surface area (Å²) in [6, 6.07) is 15.7. The molecule has 140 valence electrons. The van der Waals surface area contributed by atoms with Crippen molar-refractivity contribution >= 4 is 23.6 Å². The van der Waals surface area contributed by atoms with Crippen LogP contribution in [0.25, 0.3) is 6.08 Å². The van der Waals surface area contributed by atoms with Gasteiger partial charge >= 0.3 is 5.97 Å². The van der Waals surface area contributed by atoms with E-state index in [0.717, 1.165) is 12.8 Å². The Balaban J connectivity index is 1.64. The van der Waals surface area contributed by atoms with Gasteiger partial charge in [-0.15, -0.1) is 0 Å². The van der Waals surface area contributed by atoms with E-state index >= 15 is 0 Å². The Hall–Kier alpha value is -3.48. The molecule has 2 aromatic carbocycles. The van der Waals surface area contributed by atoms with Crippen LogP contribution in [0.2, 0.25) is 0 Å². The van der Waals surface area contributed by atoms with Crippen molar-refractivity contribution in [3.8, 4) is 0 Å². The summed E-state index contributed by atoms with van der Waals surface area (Å²) in [6.07, 6.45) is 4.29. The number of benzene rings is 2. The van der Waals surface area contributed by atoms with E-state index in [1.807, 2.05) is 30.3 Å². The molecule has 1 N–H and O–H groups in total. The standard InChI is InChI=1S/C20H20N2O5/c23-19(21-14-4-7-16-5-2-1-3-6-16)15-27-20(24)13-10-17-8-11-18(12-9-17)22(25)26/h1-3,5-6,8-13H,4,7,14-15H2,(H,21,23)/b13-10+. The molecule has 0 heterocycles. The quantitative estimate of drug-likeness (QED) is 0.241. The molecule has 0 unspecified atom stereocenters. The second-order valence-corrected chi connectivity index (χ2v) is 5.73. The maximum absolute atomic E-state index is 11.7. The van der Waals surface area contributed by atoms with Crippen LogP contribution in [0.4, 0.5) is 5.69 Å². The minimum Gasteiger partial charge on any atom is -0.452 e. The van der Waals surface area contributed by atoms with Gasteiger partial charge in [0.1, 0.15) is 0 Å². The Morgan fingerprint density at radius 3 is 2.44 bits per heavy atom. The Morgan fingerprint density at radius 2 is 1.78 bits per heavy atom. The Bertz CT molecular complexity index is 801. The van der Waals surface area contributed by atoms with Crippen LogP contribution in [0.3, 0.4) is 0 Å². The molecular weight excluding hydrogens is 348 g/mol. The predicted molar refractivity (Wildman–Crippen MR) is 101 cm³/mol. The van der Waals surface area contributed by atoms with Crippen LogP contribution in [0.15, 0.2) is 60.7 Å². The summed E-state index contributed by atoms with van der Waals surface area (Å²) in [5.74, 6) is -1.02. The lowest BCUT2D eigenvalue weighted by atomic mass is 10.1. The highest BCUT2D eigenvalue weighted by Gasteiger charge is 2.05. The van der Waals surface area contributed by atoms with Gasteiger partial charge in [0.25, 0.3) is 11.6 Å². The molecule has 0 aromatic heterocycles. The lowest BCUT2D eigenvalue weighted by Gasteiger charge is -2.05. The zero-order valence-electron chi connectivity index (χ0n) is 14.7. The third-order valence-corrected chi connectivity index (χ3v) is 3.67.